The third kappa shape index (κ3) is 4.53. The van der Waals surface area contributed by atoms with Crippen molar-refractivity contribution in [3.05, 3.63) is 0 Å². The number of hydrogen-bond acceptors (Lipinski definition) is 3. The van der Waals surface area contributed by atoms with E-state index in [4.69, 9.17) is 0 Å². The third-order valence-electron chi connectivity index (χ3n) is 4.77. The first-order valence-electron chi connectivity index (χ1n) is 7.87. The van der Waals surface area contributed by atoms with Gasteiger partial charge in [-0.2, -0.15) is 11.8 Å². The lowest BCUT2D eigenvalue weighted by atomic mass is 9.71. The second kappa shape index (κ2) is 7.38. The standard InChI is InChI=1S/C15H26N2O3S/c1-11-4-6-15(7-5-11,13(18)19)10-16-14(20)17-12-3-2-8-21-9-12/h11-12H,2-10H2,1H3,(H,18,19)(H2,16,17,20). The topological polar surface area (TPSA) is 78.4 Å². The van der Waals surface area contributed by atoms with Gasteiger partial charge in [-0.15, -0.1) is 0 Å². The minimum Gasteiger partial charge on any atom is -0.481 e. The zero-order chi connectivity index (χ0) is 15.3. The van der Waals surface area contributed by atoms with Gasteiger partial charge in [-0.1, -0.05) is 6.92 Å². The third-order valence-corrected chi connectivity index (χ3v) is 5.98. The molecule has 2 fully saturated rings. The first kappa shape index (κ1) is 16.5. The highest BCUT2D eigenvalue weighted by atomic mass is 32.2. The molecule has 0 aromatic rings. The average Bonchev–Trinajstić information content (AvgIpc) is 2.48. The molecular weight excluding hydrogens is 288 g/mol. The molecule has 3 N–H and O–H groups in total. The van der Waals surface area contributed by atoms with Crippen molar-refractivity contribution >= 4 is 23.8 Å². The van der Waals surface area contributed by atoms with Crippen LogP contribution in [0.3, 0.4) is 0 Å². The van der Waals surface area contributed by atoms with Gasteiger partial charge in [-0.3, -0.25) is 4.79 Å². The number of rotatable bonds is 4. The van der Waals surface area contributed by atoms with E-state index >= 15 is 0 Å². The summed E-state index contributed by atoms with van der Waals surface area (Å²) >= 11 is 1.86. The van der Waals surface area contributed by atoms with E-state index in [1.807, 2.05) is 11.8 Å². The molecule has 5 nitrogen and oxygen atoms in total. The molecule has 1 saturated carbocycles. The van der Waals surface area contributed by atoms with Gasteiger partial charge >= 0.3 is 12.0 Å². The molecule has 1 saturated heterocycles. The lowest BCUT2D eigenvalue weighted by Gasteiger charge is -2.36. The zero-order valence-corrected chi connectivity index (χ0v) is 13.5. The van der Waals surface area contributed by atoms with Crippen molar-refractivity contribution in [2.75, 3.05) is 18.1 Å². The maximum Gasteiger partial charge on any atom is 0.315 e. The summed E-state index contributed by atoms with van der Waals surface area (Å²) in [6, 6.07) is -0.00217. The van der Waals surface area contributed by atoms with Crippen LogP contribution in [0.5, 0.6) is 0 Å². The SMILES string of the molecule is CC1CCC(CNC(=O)NC2CCCSC2)(C(=O)O)CC1. The number of carbonyl (C=O) groups is 2. The second-order valence-electron chi connectivity index (χ2n) is 6.51. The Morgan fingerprint density at radius 1 is 1.29 bits per heavy atom. The van der Waals surface area contributed by atoms with Crippen LogP contribution in [0.15, 0.2) is 0 Å². The molecule has 1 unspecified atom stereocenters. The second-order valence-corrected chi connectivity index (χ2v) is 7.66. The number of carbonyl (C=O) groups excluding carboxylic acids is 1. The van der Waals surface area contributed by atoms with Crippen LogP contribution in [0.2, 0.25) is 0 Å². The molecule has 2 amide bonds. The molecule has 2 aliphatic rings. The highest BCUT2D eigenvalue weighted by molar-refractivity contribution is 7.99. The van der Waals surface area contributed by atoms with Gasteiger partial charge in [0.05, 0.1) is 5.41 Å². The number of amides is 2. The highest BCUT2D eigenvalue weighted by Crippen LogP contribution is 2.38. The summed E-state index contributed by atoms with van der Waals surface area (Å²) in [4.78, 5) is 23.6. The van der Waals surface area contributed by atoms with E-state index in [0.717, 1.165) is 31.4 Å². The number of urea groups is 1. The molecular formula is C15H26N2O3S. The number of nitrogens with one attached hydrogen (secondary N) is 2. The van der Waals surface area contributed by atoms with Gasteiger partial charge < -0.3 is 15.7 Å². The fourth-order valence-corrected chi connectivity index (χ4v) is 4.19. The van der Waals surface area contributed by atoms with E-state index in [1.54, 1.807) is 0 Å². The fourth-order valence-electron chi connectivity index (χ4n) is 3.12. The minimum absolute atomic E-state index is 0.218. The van der Waals surface area contributed by atoms with Crippen LogP contribution in [-0.2, 0) is 4.79 Å². The molecule has 1 heterocycles. The Morgan fingerprint density at radius 3 is 2.57 bits per heavy atom. The lowest BCUT2D eigenvalue weighted by Crippen LogP contribution is -2.50. The Hall–Kier alpha value is -0.910. The Bertz CT molecular complexity index is 375. The smallest absolute Gasteiger partial charge is 0.315 e. The zero-order valence-electron chi connectivity index (χ0n) is 12.7. The van der Waals surface area contributed by atoms with Gasteiger partial charge in [0.25, 0.3) is 0 Å². The van der Waals surface area contributed by atoms with Gasteiger partial charge in [0.2, 0.25) is 0 Å². The van der Waals surface area contributed by atoms with Crippen molar-refractivity contribution in [2.45, 2.75) is 51.5 Å². The monoisotopic (exact) mass is 314 g/mol. The normalized spacial score (nSPS) is 33.2. The molecule has 6 heteroatoms. The molecule has 0 bridgehead atoms. The molecule has 120 valence electrons. The molecule has 1 aliphatic carbocycles. The lowest BCUT2D eigenvalue weighted by molar-refractivity contribution is -0.151. The maximum absolute atomic E-state index is 12.0. The molecule has 1 atom stereocenters. The van der Waals surface area contributed by atoms with Crippen LogP contribution >= 0.6 is 11.8 Å². The molecule has 0 aromatic carbocycles. The molecule has 0 radical (unpaired) electrons. The molecule has 0 spiro atoms. The van der Waals surface area contributed by atoms with Crippen LogP contribution in [-0.4, -0.2) is 41.2 Å². The Balaban J connectivity index is 1.81. The number of hydrogen-bond donors (Lipinski definition) is 3. The van der Waals surface area contributed by atoms with Gasteiger partial charge in [-0.05, 0) is 50.2 Å². The largest absolute Gasteiger partial charge is 0.481 e. The Labute approximate surface area is 130 Å². The van der Waals surface area contributed by atoms with Crippen LogP contribution in [0.4, 0.5) is 4.79 Å². The van der Waals surface area contributed by atoms with Gasteiger partial charge in [0.1, 0.15) is 0 Å². The van der Waals surface area contributed by atoms with Gasteiger partial charge in [-0.25, -0.2) is 4.79 Å². The first-order valence-corrected chi connectivity index (χ1v) is 9.03. The van der Waals surface area contributed by atoms with Gasteiger partial charge in [0.15, 0.2) is 0 Å². The Morgan fingerprint density at radius 2 is 2.00 bits per heavy atom. The van der Waals surface area contributed by atoms with E-state index in [2.05, 4.69) is 17.6 Å². The van der Waals surface area contributed by atoms with Crippen molar-refractivity contribution in [2.24, 2.45) is 11.3 Å². The number of carboxylic acid groups (broad SMARTS) is 1. The fraction of sp³-hybridized carbons (Fsp3) is 0.867. The maximum atomic E-state index is 12.0. The summed E-state index contributed by atoms with van der Waals surface area (Å²) in [6.07, 6.45) is 5.31. The highest BCUT2D eigenvalue weighted by Gasteiger charge is 2.41. The van der Waals surface area contributed by atoms with Gasteiger partial charge in [0, 0.05) is 18.3 Å². The van der Waals surface area contributed by atoms with E-state index < -0.39 is 11.4 Å². The van der Waals surface area contributed by atoms with Crippen molar-refractivity contribution in [1.29, 1.82) is 0 Å². The summed E-state index contributed by atoms with van der Waals surface area (Å²) in [5, 5.41) is 15.3. The van der Waals surface area contributed by atoms with Crippen molar-refractivity contribution < 1.29 is 14.7 Å². The van der Waals surface area contributed by atoms with Crippen LogP contribution in [0.1, 0.15) is 45.4 Å². The van der Waals surface area contributed by atoms with Crippen LogP contribution < -0.4 is 10.6 Å². The molecule has 0 aromatic heterocycles. The Kier molecular flexibility index (Phi) is 5.79. The predicted molar refractivity (Wildman–Crippen MR) is 84.6 cm³/mol. The van der Waals surface area contributed by atoms with Crippen LogP contribution in [0.25, 0.3) is 0 Å². The number of aliphatic carboxylic acids is 1. The minimum atomic E-state index is -0.775. The quantitative estimate of drug-likeness (QED) is 0.745. The van der Waals surface area contributed by atoms with Crippen molar-refractivity contribution in [3.8, 4) is 0 Å². The molecule has 21 heavy (non-hydrogen) atoms. The van der Waals surface area contributed by atoms with E-state index in [0.29, 0.717) is 18.8 Å². The summed E-state index contributed by atoms with van der Waals surface area (Å²) in [6.45, 7) is 2.40. The summed E-state index contributed by atoms with van der Waals surface area (Å²) in [5.74, 6) is 1.93. The predicted octanol–water partition coefficient (Wildman–Crippen LogP) is 2.46. The summed E-state index contributed by atoms with van der Waals surface area (Å²) in [5.41, 5.74) is -0.773. The molecule has 1 aliphatic heterocycles. The summed E-state index contributed by atoms with van der Waals surface area (Å²) in [7, 11) is 0. The molecule has 2 rings (SSSR count). The van der Waals surface area contributed by atoms with Crippen molar-refractivity contribution in [1.82, 2.24) is 10.6 Å². The van der Waals surface area contributed by atoms with Crippen molar-refractivity contribution in [3.63, 3.8) is 0 Å². The summed E-state index contributed by atoms with van der Waals surface area (Å²) < 4.78 is 0. The van der Waals surface area contributed by atoms with E-state index in [9.17, 15) is 14.7 Å². The van der Waals surface area contributed by atoms with E-state index in [1.165, 1.54) is 5.75 Å². The van der Waals surface area contributed by atoms with E-state index in [-0.39, 0.29) is 18.6 Å². The average molecular weight is 314 g/mol. The number of carboxylic acids is 1. The first-order chi connectivity index (χ1) is 10.0. The number of thioether (sulfide) groups is 1. The van der Waals surface area contributed by atoms with Crippen LogP contribution in [0, 0.1) is 11.3 Å².